The Morgan fingerprint density at radius 3 is 2.80 bits per heavy atom. The van der Waals surface area contributed by atoms with Crippen LogP contribution < -0.4 is 5.32 Å². The first kappa shape index (κ1) is 10.5. The van der Waals surface area contributed by atoms with Gasteiger partial charge in [0.05, 0.1) is 6.26 Å². The molecule has 0 fully saturated rings. The van der Waals surface area contributed by atoms with E-state index in [2.05, 4.69) is 5.32 Å². The number of hydrogen-bond donors (Lipinski definition) is 1. The number of fused-ring (bicyclic) bond motifs is 1. The van der Waals surface area contributed by atoms with Crippen LogP contribution in [0.25, 0.3) is 0 Å². The highest BCUT2D eigenvalue weighted by Crippen LogP contribution is 2.46. The second kappa shape index (κ2) is 3.27. The maximum atomic E-state index is 13.0. The van der Waals surface area contributed by atoms with Gasteiger partial charge in [-0.15, -0.1) is 0 Å². The summed E-state index contributed by atoms with van der Waals surface area (Å²) in [7, 11) is 1.34. The van der Waals surface area contributed by atoms with Gasteiger partial charge in [0.15, 0.2) is 0 Å². The van der Waals surface area contributed by atoms with Crippen LogP contribution in [0, 0.1) is 0 Å². The summed E-state index contributed by atoms with van der Waals surface area (Å²) in [5.74, 6) is 0.452. The monoisotopic (exact) mass is 219 g/mol. The molecule has 0 radical (unpaired) electrons. The van der Waals surface area contributed by atoms with Gasteiger partial charge in [-0.05, 0) is 26.0 Å². The van der Waals surface area contributed by atoms with Crippen molar-refractivity contribution in [3.05, 3.63) is 23.7 Å². The molecule has 0 saturated carbocycles. The Morgan fingerprint density at radius 2 is 2.20 bits per heavy atom. The van der Waals surface area contributed by atoms with Crippen LogP contribution in [0.1, 0.15) is 24.2 Å². The second-order valence-electron chi connectivity index (χ2n) is 3.76. The van der Waals surface area contributed by atoms with E-state index in [9.17, 15) is 13.2 Å². The van der Waals surface area contributed by atoms with Crippen molar-refractivity contribution in [3.63, 3.8) is 0 Å². The molecule has 2 rings (SSSR count). The van der Waals surface area contributed by atoms with Gasteiger partial charge in [-0.1, -0.05) is 0 Å². The molecule has 84 valence electrons. The topological polar surface area (TPSA) is 25.2 Å². The molecule has 15 heavy (non-hydrogen) atoms. The van der Waals surface area contributed by atoms with Crippen molar-refractivity contribution in [1.82, 2.24) is 5.32 Å². The van der Waals surface area contributed by atoms with Crippen LogP contribution in [-0.2, 0) is 12.0 Å². The predicted molar refractivity (Wildman–Crippen MR) is 48.4 cm³/mol. The van der Waals surface area contributed by atoms with E-state index in [0.717, 1.165) is 0 Å². The first-order chi connectivity index (χ1) is 7.01. The summed E-state index contributed by atoms with van der Waals surface area (Å²) in [6, 6.07) is 1.42. The summed E-state index contributed by atoms with van der Waals surface area (Å²) in [6.45, 7) is 0. The molecule has 0 aliphatic heterocycles. The van der Waals surface area contributed by atoms with Crippen LogP contribution in [-0.4, -0.2) is 13.2 Å². The van der Waals surface area contributed by atoms with Gasteiger partial charge in [0.1, 0.15) is 11.3 Å². The van der Waals surface area contributed by atoms with Crippen LogP contribution in [0.2, 0.25) is 0 Å². The van der Waals surface area contributed by atoms with E-state index in [1.165, 1.54) is 19.4 Å². The van der Waals surface area contributed by atoms with E-state index in [1.807, 2.05) is 0 Å². The summed E-state index contributed by atoms with van der Waals surface area (Å²) in [6.07, 6.45) is -1.82. The predicted octanol–water partition coefficient (Wildman–Crippen LogP) is 2.59. The molecule has 0 spiro atoms. The van der Waals surface area contributed by atoms with Gasteiger partial charge in [0, 0.05) is 12.0 Å². The summed E-state index contributed by atoms with van der Waals surface area (Å²) in [5.41, 5.74) is -1.68. The van der Waals surface area contributed by atoms with Crippen molar-refractivity contribution < 1.29 is 17.6 Å². The number of halogens is 3. The van der Waals surface area contributed by atoms with Crippen molar-refractivity contribution in [3.8, 4) is 0 Å². The summed E-state index contributed by atoms with van der Waals surface area (Å²) in [5, 5.41) is 2.41. The number of hydrogen-bond acceptors (Lipinski definition) is 2. The minimum absolute atomic E-state index is 0.0690. The Labute approximate surface area is 85.5 Å². The molecular weight excluding hydrogens is 207 g/mol. The van der Waals surface area contributed by atoms with E-state index in [-0.39, 0.29) is 12.0 Å². The molecule has 1 unspecified atom stereocenters. The molecule has 1 N–H and O–H groups in total. The maximum Gasteiger partial charge on any atom is 0.410 e. The maximum absolute atomic E-state index is 13.0. The van der Waals surface area contributed by atoms with Crippen LogP contribution in [0.15, 0.2) is 16.7 Å². The summed E-state index contributed by atoms with van der Waals surface area (Å²) < 4.78 is 44.2. The SMILES string of the molecule is CNC1(C(F)(F)F)CCCc2occc21. The molecule has 5 heteroatoms. The molecular formula is C10H12F3NO. The third-order valence-corrected chi connectivity index (χ3v) is 3.07. The van der Waals surface area contributed by atoms with Gasteiger partial charge < -0.3 is 9.73 Å². The third-order valence-electron chi connectivity index (χ3n) is 3.07. The summed E-state index contributed by atoms with van der Waals surface area (Å²) in [4.78, 5) is 0. The fourth-order valence-electron chi connectivity index (χ4n) is 2.26. The first-order valence-electron chi connectivity index (χ1n) is 4.84. The zero-order chi connectivity index (χ0) is 11.1. The van der Waals surface area contributed by atoms with E-state index in [1.54, 1.807) is 0 Å². The molecule has 0 bridgehead atoms. The molecule has 1 aromatic heterocycles. The van der Waals surface area contributed by atoms with Gasteiger partial charge in [-0.2, -0.15) is 13.2 Å². The second-order valence-corrected chi connectivity index (χ2v) is 3.76. The number of aryl methyl sites for hydroxylation is 1. The van der Waals surface area contributed by atoms with Gasteiger partial charge in [0.25, 0.3) is 0 Å². The van der Waals surface area contributed by atoms with Gasteiger partial charge >= 0.3 is 6.18 Å². The highest BCUT2D eigenvalue weighted by Gasteiger charge is 2.57. The molecule has 1 aliphatic rings. The zero-order valence-electron chi connectivity index (χ0n) is 8.32. The Balaban J connectivity index is 2.54. The normalized spacial score (nSPS) is 26.4. The third kappa shape index (κ3) is 1.37. The quantitative estimate of drug-likeness (QED) is 0.785. The minimum atomic E-state index is -4.29. The fourth-order valence-corrected chi connectivity index (χ4v) is 2.26. The Kier molecular flexibility index (Phi) is 2.30. The van der Waals surface area contributed by atoms with E-state index < -0.39 is 11.7 Å². The first-order valence-corrected chi connectivity index (χ1v) is 4.84. The van der Waals surface area contributed by atoms with Crippen molar-refractivity contribution >= 4 is 0 Å². The van der Waals surface area contributed by atoms with Crippen molar-refractivity contribution in [2.24, 2.45) is 0 Å². The van der Waals surface area contributed by atoms with Crippen LogP contribution in [0.3, 0.4) is 0 Å². The largest absolute Gasteiger partial charge is 0.469 e. The number of rotatable bonds is 1. The lowest BCUT2D eigenvalue weighted by atomic mass is 9.79. The van der Waals surface area contributed by atoms with E-state index >= 15 is 0 Å². The number of nitrogens with one attached hydrogen (secondary N) is 1. The lowest BCUT2D eigenvalue weighted by Crippen LogP contribution is -2.53. The Bertz CT molecular complexity index is 358. The van der Waals surface area contributed by atoms with Gasteiger partial charge in [-0.3, -0.25) is 0 Å². The van der Waals surface area contributed by atoms with Crippen molar-refractivity contribution in [2.75, 3.05) is 7.05 Å². The molecule has 2 nitrogen and oxygen atoms in total. The average molecular weight is 219 g/mol. The minimum Gasteiger partial charge on any atom is -0.469 e. The molecule has 1 atom stereocenters. The molecule has 0 saturated heterocycles. The number of furan rings is 1. The van der Waals surface area contributed by atoms with E-state index in [0.29, 0.717) is 18.6 Å². The zero-order valence-corrected chi connectivity index (χ0v) is 8.32. The lowest BCUT2D eigenvalue weighted by Gasteiger charge is -2.38. The van der Waals surface area contributed by atoms with Crippen molar-refractivity contribution in [2.45, 2.75) is 31.0 Å². The van der Waals surface area contributed by atoms with Crippen LogP contribution in [0.5, 0.6) is 0 Å². The number of alkyl halides is 3. The standard InChI is InChI=1S/C10H12F3NO/c1-14-9(10(11,12)13)5-2-3-8-7(9)4-6-15-8/h4,6,14H,2-3,5H2,1H3. The lowest BCUT2D eigenvalue weighted by molar-refractivity contribution is -0.204. The average Bonchev–Trinajstić information content (AvgIpc) is 2.63. The Morgan fingerprint density at radius 1 is 1.47 bits per heavy atom. The molecule has 1 aromatic rings. The molecule has 0 aromatic carbocycles. The highest BCUT2D eigenvalue weighted by molar-refractivity contribution is 5.31. The fraction of sp³-hybridized carbons (Fsp3) is 0.600. The molecule has 0 amide bonds. The molecule has 1 heterocycles. The van der Waals surface area contributed by atoms with Gasteiger partial charge in [0.2, 0.25) is 0 Å². The van der Waals surface area contributed by atoms with Crippen molar-refractivity contribution in [1.29, 1.82) is 0 Å². The van der Waals surface area contributed by atoms with Gasteiger partial charge in [-0.25, -0.2) is 0 Å². The summed E-state index contributed by atoms with van der Waals surface area (Å²) >= 11 is 0. The van der Waals surface area contributed by atoms with Crippen LogP contribution in [0.4, 0.5) is 13.2 Å². The van der Waals surface area contributed by atoms with Crippen LogP contribution >= 0.6 is 0 Å². The molecule has 1 aliphatic carbocycles. The highest BCUT2D eigenvalue weighted by atomic mass is 19.4. The Hall–Kier alpha value is -0.970. The van der Waals surface area contributed by atoms with E-state index in [4.69, 9.17) is 4.42 Å². The smallest absolute Gasteiger partial charge is 0.410 e.